The highest BCUT2D eigenvalue weighted by atomic mass is 32.2. The van der Waals surface area contributed by atoms with Gasteiger partial charge in [0.25, 0.3) is 5.76 Å². The second kappa shape index (κ2) is 7.64. The van der Waals surface area contributed by atoms with Crippen molar-refractivity contribution in [2.45, 2.75) is 17.2 Å². The number of urea groups is 1. The summed E-state index contributed by atoms with van der Waals surface area (Å²) in [6.45, 7) is 0.423. The van der Waals surface area contributed by atoms with Crippen LogP contribution in [0.5, 0.6) is 0 Å². The third-order valence-corrected chi connectivity index (χ3v) is 3.36. The van der Waals surface area contributed by atoms with Crippen molar-refractivity contribution >= 4 is 23.5 Å². The zero-order chi connectivity index (χ0) is 15.1. The average molecular weight is 308 g/mol. The summed E-state index contributed by atoms with van der Waals surface area (Å²) in [5, 5.41) is 5.36. The van der Waals surface area contributed by atoms with Crippen molar-refractivity contribution in [3.63, 3.8) is 0 Å². The topological polar surface area (TPSA) is 41.1 Å². The van der Waals surface area contributed by atoms with Crippen LogP contribution in [0.3, 0.4) is 0 Å². The van der Waals surface area contributed by atoms with Crippen LogP contribution in [0.25, 0.3) is 0 Å². The number of carbonyl (C=O) groups excluding carboxylic acids is 1. The monoisotopic (exact) mass is 308 g/mol. The van der Waals surface area contributed by atoms with Crippen molar-refractivity contribution in [3.05, 3.63) is 60.2 Å². The predicted octanol–water partition coefficient (Wildman–Crippen LogP) is 4.32. The Balaban J connectivity index is 1.82. The van der Waals surface area contributed by atoms with Gasteiger partial charge in [0, 0.05) is 17.1 Å². The molecule has 2 aromatic carbocycles. The van der Waals surface area contributed by atoms with Gasteiger partial charge in [-0.15, -0.1) is 0 Å². The summed E-state index contributed by atoms with van der Waals surface area (Å²) >= 11 is 0.472. The lowest BCUT2D eigenvalue weighted by atomic mass is 10.2. The Kier molecular flexibility index (Phi) is 5.57. The fourth-order valence-corrected chi connectivity index (χ4v) is 2.17. The highest BCUT2D eigenvalue weighted by Crippen LogP contribution is 2.26. The molecule has 0 heterocycles. The molecule has 21 heavy (non-hydrogen) atoms. The zero-order valence-corrected chi connectivity index (χ0v) is 11.9. The molecule has 3 nitrogen and oxygen atoms in total. The largest absolute Gasteiger partial charge is 0.334 e. The van der Waals surface area contributed by atoms with Gasteiger partial charge in [0.15, 0.2) is 0 Å². The summed E-state index contributed by atoms with van der Waals surface area (Å²) < 4.78 is 24.4. The van der Waals surface area contributed by atoms with Crippen molar-refractivity contribution in [2.24, 2.45) is 0 Å². The SMILES string of the molecule is O=C(NCc1ccccc1)Nc1ccc(SC(F)F)cc1. The first kappa shape index (κ1) is 15.3. The van der Waals surface area contributed by atoms with Crippen LogP contribution in [0.2, 0.25) is 0 Å². The van der Waals surface area contributed by atoms with E-state index < -0.39 is 5.76 Å². The van der Waals surface area contributed by atoms with Crippen molar-refractivity contribution in [3.8, 4) is 0 Å². The van der Waals surface area contributed by atoms with Gasteiger partial charge >= 0.3 is 6.03 Å². The molecule has 0 aliphatic carbocycles. The van der Waals surface area contributed by atoms with E-state index in [-0.39, 0.29) is 6.03 Å². The fourth-order valence-electron chi connectivity index (χ4n) is 1.67. The zero-order valence-electron chi connectivity index (χ0n) is 11.1. The molecular formula is C15H14F2N2OS. The molecule has 0 aliphatic heterocycles. The Hall–Kier alpha value is -2.08. The summed E-state index contributed by atoms with van der Waals surface area (Å²) in [6, 6.07) is 15.5. The van der Waals surface area contributed by atoms with E-state index in [0.717, 1.165) is 5.56 Å². The molecule has 0 bridgehead atoms. The maximum Gasteiger partial charge on any atom is 0.319 e. The Bertz CT molecular complexity index is 576. The van der Waals surface area contributed by atoms with Crippen LogP contribution in [-0.2, 0) is 6.54 Å². The lowest BCUT2D eigenvalue weighted by Gasteiger charge is -2.08. The van der Waals surface area contributed by atoms with Gasteiger partial charge in [0.2, 0.25) is 0 Å². The van der Waals surface area contributed by atoms with Crippen LogP contribution < -0.4 is 10.6 Å². The summed E-state index contributed by atoms with van der Waals surface area (Å²) in [5.41, 5.74) is 1.55. The van der Waals surface area contributed by atoms with E-state index in [9.17, 15) is 13.6 Å². The van der Waals surface area contributed by atoms with Gasteiger partial charge in [-0.1, -0.05) is 42.1 Å². The van der Waals surface area contributed by atoms with Gasteiger partial charge in [-0.2, -0.15) is 8.78 Å². The van der Waals surface area contributed by atoms with Crippen molar-refractivity contribution in [1.29, 1.82) is 0 Å². The molecule has 2 amide bonds. The lowest BCUT2D eigenvalue weighted by molar-refractivity contribution is 0.251. The third-order valence-electron chi connectivity index (χ3n) is 2.63. The van der Waals surface area contributed by atoms with E-state index in [0.29, 0.717) is 28.9 Å². The quantitative estimate of drug-likeness (QED) is 0.808. The number of hydrogen-bond acceptors (Lipinski definition) is 2. The summed E-state index contributed by atoms with van der Waals surface area (Å²) in [6.07, 6.45) is 0. The number of alkyl halides is 2. The number of nitrogens with one attached hydrogen (secondary N) is 2. The number of carbonyl (C=O) groups is 1. The molecule has 0 spiro atoms. The minimum Gasteiger partial charge on any atom is -0.334 e. The molecule has 2 aromatic rings. The van der Waals surface area contributed by atoms with Crippen molar-refractivity contribution in [2.75, 3.05) is 5.32 Å². The maximum atomic E-state index is 12.2. The standard InChI is InChI=1S/C15H14F2N2OS/c16-14(17)21-13-8-6-12(7-9-13)19-15(20)18-10-11-4-2-1-3-5-11/h1-9,14H,10H2,(H2,18,19,20). The number of halogens is 2. The second-order valence-corrected chi connectivity index (χ2v) is 5.26. The van der Waals surface area contributed by atoms with Crippen LogP contribution in [0.15, 0.2) is 59.5 Å². The minimum atomic E-state index is -2.45. The number of rotatable bonds is 5. The molecule has 2 rings (SSSR count). The molecule has 0 unspecified atom stereocenters. The Labute approximate surface area is 125 Å². The van der Waals surface area contributed by atoms with Gasteiger partial charge in [-0.25, -0.2) is 4.79 Å². The summed E-state index contributed by atoms with van der Waals surface area (Å²) in [7, 11) is 0. The first-order chi connectivity index (χ1) is 10.1. The number of anilines is 1. The second-order valence-electron chi connectivity index (χ2n) is 4.20. The van der Waals surface area contributed by atoms with E-state index in [2.05, 4.69) is 10.6 Å². The molecule has 0 fully saturated rings. The van der Waals surface area contributed by atoms with Gasteiger partial charge in [0.1, 0.15) is 0 Å². The molecule has 0 radical (unpaired) electrons. The molecule has 2 N–H and O–H groups in total. The van der Waals surface area contributed by atoms with Crippen molar-refractivity contribution < 1.29 is 13.6 Å². The fraction of sp³-hybridized carbons (Fsp3) is 0.133. The molecule has 6 heteroatoms. The Morgan fingerprint density at radius 2 is 1.71 bits per heavy atom. The van der Waals surface area contributed by atoms with Crippen molar-refractivity contribution in [1.82, 2.24) is 5.32 Å². The highest BCUT2D eigenvalue weighted by molar-refractivity contribution is 7.99. The third kappa shape index (κ3) is 5.43. The molecule has 0 aromatic heterocycles. The number of hydrogen-bond donors (Lipinski definition) is 2. The normalized spacial score (nSPS) is 10.4. The molecule has 0 atom stereocenters. The Morgan fingerprint density at radius 1 is 1.05 bits per heavy atom. The van der Waals surface area contributed by atoms with Crippen LogP contribution in [0, 0.1) is 0 Å². The predicted molar refractivity (Wildman–Crippen MR) is 80.6 cm³/mol. The van der Waals surface area contributed by atoms with Crippen LogP contribution in [0.4, 0.5) is 19.3 Å². The molecule has 0 aliphatic rings. The van der Waals surface area contributed by atoms with E-state index in [1.165, 1.54) is 0 Å². The maximum absolute atomic E-state index is 12.2. The molecule has 0 saturated carbocycles. The first-order valence-corrected chi connectivity index (χ1v) is 7.15. The van der Waals surface area contributed by atoms with E-state index >= 15 is 0 Å². The number of benzene rings is 2. The highest BCUT2D eigenvalue weighted by Gasteiger charge is 2.06. The van der Waals surface area contributed by atoms with E-state index in [1.54, 1.807) is 24.3 Å². The van der Waals surface area contributed by atoms with E-state index in [1.807, 2.05) is 30.3 Å². The van der Waals surface area contributed by atoms with Gasteiger partial charge in [-0.3, -0.25) is 0 Å². The Morgan fingerprint density at radius 3 is 2.33 bits per heavy atom. The van der Waals surface area contributed by atoms with Crippen LogP contribution >= 0.6 is 11.8 Å². The number of amides is 2. The lowest BCUT2D eigenvalue weighted by Crippen LogP contribution is -2.28. The molecule has 0 saturated heterocycles. The first-order valence-electron chi connectivity index (χ1n) is 6.27. The number of thioether (sulfide) groups is 1. The van der Waals surface area contributed by atoms with Crippen LogP contribution in [0.1, 0.15) is 5.56 Å². The van der Waals surface area contributed by atoms with E-state index in [4.69, 9.17) is 0 Å². The van der Waals surface area contributed by atoms with Gasteiger partial charge < -0.3 is 10.6 Å². The smallest absolute Gasteiger partial charge is 0.319 e. The molecule has 110 valence electrons. The van der Waals surface area contributed by atoms with Gasteiger partial charge in [0.05, 0.1) is 0 Å². The molecular weight excluding hydrogens is 294 g/mol. The van der Waals surface area contributed by atoms with Crippen LogP contribution in [-0.4, -0.2) is 11.8 Å². The summed E-state index contributed by atoms with van der Waals surface area (Å²) in [5.74, 6) is -2.45. The van der Waals surface area contributed by atoms with Gasteiger partial charge in [-0.05, 0) is 29.8 Å². The minimum absolute atomic E-state index is 0.340. The summed E-state index contributed by atoms with van der Waals surface area (Å²) in [4.78, 5) is 12.2. The average Bonchev–Trinajstić information content (AvgIpc) is 2.48.